The third-order valence-electron chi connectivity index (χ3n) is 3.64. The maximum Gasteiger partial charge on any atom is 0.416 e. The van der Waals surface area contributed by atoms with E-state index in [0.29, 0.717) is 6.07 Å². The highest BCUT2D eigenvalue weighted by Gasteiger charge is 2.31. The Balaban J connectivity index is 2.08. The number of esters is 1. The number of amides is 1. The van der Waals surface area contributed by atoms with Crippen molar-refractivity contribution in [2.75, 3.05) is 32.2 Å². The van der Waals surface area contributed by atoms with Crippen molar-refractivity contribution in [2.24, 2.45) is 0 Å². The summed E-state index contributed by atoms with van der Waals surface area (Å²) in [5, 5.41) is 12.1. The van der Waals surface area contributed by atoms with Gasteiger partial charge in [-0.1, -0.05) is 11.6 Å². The molecule has 0 aromatic heterocycles. The number of phenolic OH excluding ortho intramolecular Hbond substituents is 1. The van der Waals surface area contributed by atoms with E-state index < -0.39 is 36.0 Å². The summed E-state index contributed by atoms with van der Waals surface area (Å²) in [6.07, 6.45) is -4.64. The Morgan fingerprint density at radius 3 is 2.50 bits per heavy atom. The summed E-state index contributed by atoms with van der Waals surface area (Å²) in [5.74, 6) is -2.39. The normalized spacial score (nSPS) is 11.1. The van der Waals surface area contributed by atoms with E-state index in [4.69, 9.17) is 25.8 Å². The highest BCUT2D eigenvalue weighted by molar-refractivity contribution is 6.30. The molecule has 0 saturated carbocycles. The predicted octanol–water partition coefficient (Wildman–Crippen LogP) is 3.89. The Bertz CT molecular complexity index is 920. The Morgan fingerprint density at radius 1 is 1.13 bits per heavy atom. The first-order chi connectivity index (χ1) is 14.1. The van der Waals surface area contributed by atoms with Crippen LogP contribution in [-0.2, 0) is 20.4 Å². The molecule has 2 aromatic carbocycles. The molecule has 0 fully saturated rings. The van der Waals surface area contributed by atoms with Crippen LogP contribution in [0.25, 0.3) is 0 Å². The third-order valence-corrected chi connectivity index (χ3v) is 3.88. The second-order valence-electron chi connectivity index (χ2n) is 5.84. The number of anilines is 1. The van der Waals surface area contributed by atoms with Crippen molar-refractivity contribution in [1.82, 2.24) is 0 Å². The molecule has 1 amide bonds. The first-order valence-electron chi connectivity index (χ1n) is 8.40. The average Bonchev–Trinajstić information content (AvgIpc) is 2.66. The molecular weight excluding hydrogens is 431 g/mol. The highest BCUT2D eigenvalue weighted by Crippen LogP contribution is 2.35. The molecule has 0 atom stereocenters. The molecule has 162 valence electrons. The summed E-state index contributed by atoms with van der Waals surface area (Å²) in [4.78, 5) is 24.1. The maximum atomic E-state index is 13.0. The minimum absolute atomic E-state index is 0.0185. The first kappa shape index (κ1) is 23.3. The largest absolute Gasteiger partial charge is 0.507 e. The molecule has 0 aliphatic rings. The van der Waals surface area contributed by atoms with Crippen LogP contribution in [0.1, 0.15) is 15.9 Å². The van der Waals surface area contributed by atoms with Gasteiger partial charge in [0.15, 0.2) is 6.61 Å². The average molecular weight is 448 g/mol. The van der Waals surface area contributed by atoms with Crippen molar-refractivity contribution in [3.63, 3.8) is 0 Å². The monoisotopic (exact) mass is 447 g/mol. The van der Waals surface area contributed by atoms with Gasteiger partial charge >= 0.3 is 12.1 Å². The summed E-state index contributed by atoms with van der Waals surface area (Å²) in [7, 11) is 1.42. The van der Waals surface area contributed by atoms with E-state index in [1.54, 1.807) is 0 Å². The molecule has 0 bridgehead atoms. The zero-order valence-electron chi connectivity index (χ0n) is 15.6. The van der Waals surface area contributed by atoms with Gasteiger partial charge in [-0.05, 0) is 36.4 Å². The molecule has 2 rings (SSSR count). The molecule has 0 aliphatic heterocycles. The topological polar surface area (TPSA) is 94.1 Å². The van der Waals surface area contributed by atoms with E-state index in [9.17, 15) is 27.9 Å². The van der Waals surface area contributed by atoms with E-state index in [2.05, 4.69) is 5.32 Å². The van der Waals surface area contributed by atoms with Gasteiger partial charge in [-0.2, -0.15) is 13.2 Å². The summed E-state index contributed by atoms with van der Waals surface area (Å²) in [6, 6.07) is 6.22. The number of phenols is 1. The lowest BCUT2D eigenvalue weighted by Gasteiger charge is -2.15. The number of benzene rings is 2. The lowest BCUT2D eigenvalue weighted by Crippen LogP contribution is -2.22. The van der Waals surface area contributed by atoms with Crippen LogP contribution in [0.15, 0.2) is 36.4 Å². The van der Waals surface area contributed by atoms with Gasteiger partial charge in [0.05, 0.1) is 17.9 Å². The Labute approximate surface area is 174 Å². The molecule has 11 heteroatoms. The van der Waals surface area contributed by atoms with Crippen LogP contribution in [0.4, 0.5) is 18.9 Å². The number of alkyl halides is 3. The fraction of sp³-hybridized carbons (Fsp3) is 0.263. The lowest BCUT2D eigenvalue weighted by atomic mass is 10.1. The molecule has 30 heavy (non-hydrogen) atoms. The number of halogens is 4. The van der Waals surface area contributed by atoms with E-state index in [1.165, 1.54) is 19.2 Å². The number of nitrogens with one attached hydrogen (secondary N) is 1. The fourth-order valence-corrected chi connectivity index (χ4v) is 2.40. The number of hydrogen-bond donors (Lipinski definition) is 2. The van der Waals surface area contributed by atoms with Crippen molar-refractivity contribution in [2.45, 2.75) is 6.18 Å². The van der Waals surface area contributed by atoms with E-state index in [-0.39, 0.29) is 35.2 Å². The molecule has 7 nitrogen and oxygen atoms in total. The number of aromatic hydroxyl groups is 1. The van der Waals surface area contributed by atoms with E-state index in [1.807, 2.05) is 0 Å². The summed E-state index contributed by atoms with van der Waals surface area (Å²) < 4.78 is 53.8. The minimum Gasteiger partial charge on any atom is -0.507 e. The molecule has 0 radical (unpaired) electrons. The van der Waals surface area contributed by atoms with Gasteiger partial charge in [-0.3, -0.25) is 4.79 Å². The van der Waals surface area contributed by atoms with Crippen LogP contribution in [0, 0.1) is 0 Å². The Hall–Kier alpha value is -2.98. The quantitative estimate of drug-likeness (QED) is 0.471. The van der Waals surface area contributed by atoms with Crippen molar-refractivity contribution in [3.05, 3.63) is 52.5 Å². The number of ether oxygens (including phenoxy) is 3. The maximum absolute atomic E-state index is 13.0. The Kier molecular flexibility index (Phi) is 7.90. The number of carbonyl (C=O) groups is 2. The van der Waals surface area contributed by atoms with Crippen molar-refractivity contribution in [3.8, 4) is 11.5 Å². The molecule has 2 aromatic rings. The predicted molar refractivity (Wildman–Crippen MR) is 101 cm³/mol. The smallest absolute Gasteiger partial charge is 0.416 e. The standard InChI is InChI=1S/C19H17ClF3NO6/c1-28-6-7-29-16-5-2-11(19(21,22)23)8-14(16)24-17(26)10-30-18(27)13-4-3-12(20)9-15(13)25/h2-5,8-9,25H,6-7,10H2,1H3,(H,24,26). The molecule has 0 spiro atoms. The number of hydrogen-bond acceptors (Lipinski definition) is 6. The summed E-state index contributed by atoms with van der Waals surface area (Å²) in [5.41, 5.74) is -1.48. The molecule has 0 saturated heterocycles. The van der Waals surface area contributed by atoms with Gasteiger partial charge in [-0.15, -0.1) is 0 Å². The first-order valence-corrected chi connectivity index (χ1v) is 8.78. The summed E-state index contributed by atoms with van der Waals surface area (Å²) in [6.45, 7) is -0.596. The molecular formula is C19H17ClF3NO6. The van der Waals surface area contributed by atoms with Gasteiger partial charge < -0.3 is 24.6 Å². The lowest BCUT2D eigenvalue weighted by molar-refractivity contribution is -0.137. The van der Waals surface area contributed by atoms with Gasteiger partial charge in [-0.25, -0.2) is 4.79 Å². The van der Waals surface area contributed by atoms with Crippen LogP contribution in [0.2, 0.25) is 5.02 Å². The van der Waals surface area contributed by atoms with Gasteiger partial charge in [0.1, 0.15) is 23.7 Å². The summed E-state index contributed by atoms with van der Waals surface area (Å²) >= 11 is 5.67. The second-order valence-corrected chi connectivity index (χ2v) is 6.27. The van der Waals surface area contributed by atoms with Gasteiger partial charge in [0.25, 0.3) is 5.91 Å². The van der Waals surface area contributed by atoms with Crippen molar-refractivity contribution < 1.29 is 42.1 Å². The molecule has 0 aliphatic carbocycles. The number of methoxy groups -OCH3 is 1. The van der Waals surface area contributed by atoms with E-state index in [0.717, 1.165) is 18.2 Å². The zero-order valence-corrected chi connectivity index (χ0v) is 16.3. The highest BCUT2D eigenvalue weighted by atomic mass is 35.5. The number of rotatable bonds is 8. The molecule has 0 unspecified atom stereocenters. The van der Waals surface area contributed by atoms with Gasteiger partial charge in [0.2, 0.25) is 0 Å². The van der Waals surface area contributed by atoms with Crippen LogP contribution in [0.5, 0.6) is 11.5 Å². The SMILES string of the molecule is COCCOc1ccc(C(F)(F)F)cc1NC(=O)COC(=O)c1ccc(Cl)cc1O. The number of carbonyl (C=O) groups excluding carboxylic acids is 2. The zero-order chi connectivity index (χ0) is 22.3. The molecule has 2 N–H and O–H groups in total. The third kappa shape index (κ3) is 6.53. The van der Waals surface area contributed by atoms with Gasteiger partial charge in [0, 0.05) is 12.1 Å². The van der Waals surface area contributed by atoms with Crippen LogP contribution < -0.4 is 10.1 Å². The van der Waals surface area contributed by atoms with E-state index >= 15 is 0 Å². The van der Waals surface area contributed by atoms with Crippen LogP contribution in [-0.4, -0.2) is 43.9 Å². The van der Waals surface area contributed by atoms with Crippen LogP contribution >= 0.6 is 11.6 Å². The fourth-order valence-electron chi connectivity index (χ4n) is 2.24. The molecule has 0 heterocycles. The minimum atomic E-state index is -4.64. The Morgan fingerprint density at radius 2 is 1.87 bits per heavy atom. The van der Waals surface area contributed by atoms with Crippen LogP contribution in [0.3, 0.4) is 0 Å². The van der Waals surface area contributed by atoms with Crippen molar-refractivity contribution in [1.29, 1.82) is 0 Å². The second kappa shape index (κ2) is 10.2. The van der Waals surface area contributed by atoms with Crippen molar-refractivity contribution >= 4 is 29.2 Å².